The summed E-state index contributed by atoms with van der Waals surface area (Å²) < 4.78 is 22.8. The van der Waals surface area contributed by atoms with Crippen molar-refractivity contribution in [2.45, 2.75) is 52.7 Å². The number of aldehydes is 1. The molecule has 1 N–H and O–H groups in total. The van der Waals surface area contributed by atoms with Gasteiger partial charge in [0.1, 0.15) is 0 Å². The molecule has 0 spiro atoms. The van der Waals surface area contributed by atoms with E-state index in [2.05, 4.69) is 5.16 Å². The van der Waals surface area contributed by atoms with E-state index < -0.39 is 13.0 Å². The van der Waals surface area contributed by atoms with E-state index in [4.69, 9.17) is 14.3 Å². The highest BCUT2D eigenvalue weighted by Gasteiger charge is 2.36. The van der Waals surface area contributed by atoms with Crippen LogP contribution >= 0.6 is 7.60 Å². The molecule has 17 heavy (non-hydrogen) atoms. The molecule has 0 aliphatic rings. The van der Waals surface area contributed by atoms with Gasteiger partial charge in [-0.05, 0) is 26.7 Å². The summed E-state index contributed by atoms with van der Waals surface area (Å²) in [5.41, 5.74) is -0.599. The molecular weight excluding hydrogens is 245 g/mol. The molecule has 0 aromatic carbocycles. The zero-order valence-corrected chi connectivity index (χ0v) is 11.5. The summed E-state index contributed by atoms with van der Waals surface area (Å²) in [4.78, 5) is 10.7. The summed E-state index contributed by atoms with van der Waals surface area (Å²) in [5.74, 6) is 0. The molecule has 2 atom stereocenters. The number of hydrogen-bond donors (Lipinski definition) is 1. The van der Waals surface area contributed by atoms with Crippen LogP contribution in [0.15, 0.2) is 5.16 Å². The molecule has 0 amide bonds. The van der Waals surface area contributed by atoms with E-state index in [0.717, 1.165) is 0 Å². The Hall–Kier alpha value is -0.710. The fourth-order valence-corrected chi connectivity index (χ4v) is 2.65. The summed E-state index contributed by atoms with van der Waals surface area (Å²) in [6, 6.07) is 0. The van der Waals surface area contributed by atoms with Crippen molar-refractivity contribution in [3.63, 3.8) is 0 Å². The molecule has 6 nitrogen and oxygen atoms in total. The number of hydrogen-bond acceptors (Lipinski definition) is 6. The topological polar surface area (TPSA) is 85.2 Å². The molecule has 2 unspecified atom stereocenters. The molecular formula is C10H20NO5P. The lowest BCUT2D eigenvalue weighted by Gasteiger charge is -2.23. The van der Waals surface area contributed by atoms with Gasteiger partial charge < -0.3 is 14.3 Å². The largest absolute Gasteiger partial charge is 0.410 e. The predicted octanol–water partition coefficient (Wildman–Crippen LogP) is 2.80. The van der Waals surface area contributed by atoms with E-state index in [9.17, 15) is 9.36 Å². The number of rotatable bonds is 8. The van der Waals surface area contributed by atoms with Crippen molar-refractivity contribution in [3.05, 3.63) is 0 Å². The van der Waals surface area contributed by atoms with Gasteiger partial charge in [-0.15, -0.1) is 0 Å². The third kappa shape index (κ3) is 4.98. The zero-order valence-electron chi connectivity index (χ0n) is 10.6. The zero-order chi connectivity index (χ0) is 13.5. The van der Waals surface area contributed by atoms with E-state index >= 15 is 0 Å². The van der Waals surface area contributed by atoms with Crippen LogP contribution in [-0.4, -0.2) is 29.2 Å². The van der Waals surface area contributed by atoms with Gasteiger partial charge in [-0.1, -0.05) is 19.0 Å². The highest BCUT2D eigenvalue weighted by molar-refractivity contribution is 7.74. The van der Waals surface area contributed by atoms with E-state index in [1.54, 1.807) is 13.8 Å². The third-order valence-electron chi connectivity index (χ3n) is 2.28. The van der Waals surface area contributed by atoms with Gasteiger partial charge >= 0.3 is 7.60 Å². The summed E-state index contributed by atoms with van der Waals surface area (Å²) in [6.07, 6.45) is 0.672. The molecule has 0 radical (unpaired) electrons. The first-order chi connectivity index (χ1) is 7.93. The third-order valence-corrected chi connectivity index (χ3v) is 4.31. The van der Waals surface area contributed by atoms with Gasteiger partial charge in [0, 0.05) is 0 Å². The minimum absolute atomic E-state index is 0.186. The Morgan fingerprint density at radius 3 is 1.94 bits per heavy atom. The minimum Gasteiger partial charge on any atom is -0.410 e. The second kappa shape index (κ2) is 7.58. The van der Waals surface area contributed by atoms with Crippen molar-refractivity contribution < 1.29 is 23.6 Å². The van der Waals surface area contributed by atoms with Crippen LogP contribution in [0.3, 0.4) is 0 Å². The van der Waals surface area contributed by atoms with Gasteiger partial charge in [0.25, 0.3) is 0 Å². The lowest BCUT2D eigenvalue weighted by atomic mass is 10.3. The van der Waals surface area contributed by atoms with Crippen molar-refractivity contribution in [1.29, 1.82) is 0 Å². The second-order valence-corrected chi connectivity index (χ2v) is 5.60. The molecule has 0 saturated heterocycles. The monoisotopic (exact) mass is 265 g/mol. The van der Waals surface area contributed by atoms with Crippen molar-refractivity contribution in [3.8, 4) is 0 Å². The Morgan fingerprint density at radius 2 is 1.71 bits per heavy atom. The van der Waals surface area contributed by atoms with Gasteiger partial charge in [-0.2, -0.15) is 0 Å². The normalized spacial score (nSPS) is 19.4. The Balaban J connectivity index is 5.06. The predicted molar refractivity (Wildman–Crippen MR) is 64.6 cm³/mol. The van der Waals surface area contributed by atoms with Crippen molar-refractivity contribution in [2.24, 2.45) is 5.16 Å². The molecule has 0 saturated carbocycles. The smallest absolute Gasteiger partial charge is 0.386 e. The first-order valence-electron chi connectivity index (χ1n) is 5.58. The molecule has 100 valence electrons. The summed E-state index contributed by atoms with van der Waals surface area (Å²) in [6.45, 7) is 7.09. The van der Waals surface area contributed by atoms with Crippen LogP contribution in [0.2, 0.25) is 0 Å². The van der Waals surface area contributed by atoms with Crippen molar-refractivity contribution >= 4 is 19.3 Å². The summed E-state index contributed by atoms with van der Waals surface area (Å²) >= 11 is 0. The molecule has 7 heteroatoms. The lowest BCUT2D eigenvalue weighted by molar-refractivity contribution is -0.102. The molecule has 0 rings (SSSR count). The first-order valence-corrected chi connectivity index (χ1v) is 7.12. The number of nitrogens with zero attached hydrogens (tertiary/aromatic N) is 1. The summed E-state index contributed by atoms with van der Waals surface area (Å²) in [7, 11) is -3.84. The van der Waals surface area contributed by atoms with Gasteiger partial charge in [-0.25, -0.2) is 0 Å². The number of carbonyl (C=O) groups is 1. The molecule has 0 aromatic rings. The molecule has 0 aliphatic carbocycles. The Kier molecular flexibility index (Phi) is 7.27. The van der Waals surface area contributed by atoms with Crippen molar-refractivity contribution in [2.75, 3.05) is 0 Å². The standard InChI is InChI=1S/C10H20NO5P/c1-5-8(3)15-17(14,10(7-12)11-13)16-9(4)6-2/h7-9,13H,5-6H2,1-4H3/b11-10+. The quantitative estimate of drug-likeness (QED) is 0.240. The molecule has 0 aliphatic heterocycles. The highest BCUT2D eigenvalue weighted by atomic mass is 31.2. The van der Waals surface area contributed by atoms with Crippen LogP contribution in [0.4, 0.5) is 0 Å². The van der Waals surface area contributed by atoms with E-state index in [1.165, 1.54) is 0 Å². The van der Waals surface area contributed by atoms with E-state index in [1.807, 2.05) is 13.8 Å². The average Bonchev–Trinajstić information content (AvgIpc) is 2.29. The van der Waals surface area contributed by atoms with Gasteiger partial charge in [-0.3, -0.25) is 9.36 Å². The summed E-state index contributed by atoms with van der Waals surface area (Å²) in [5, 5.41) is 11.3. The fraction of sp³-hybridized carbons (Fsp3) is 0.800. The van der Waals surface area contributed by atoms with Crippen LogP contribution in [-0.2, 0) is 18.4 Å². The van der Waals surface area contributed by atoms with Crippen molar-refractivity contribution in [1.82, 2.24) is 0 Å². The maximum Gasteiger partial charge on any atom is 0.386 e. The Morgan fingerprint density at radius 1 is 1.29 bits per heavy atom. The second-order valence-electron chi connectivity index (χ2n) is 3.72. The average molecular weight is 265 g/mol. The lowest BCUT2D eigenvalue weighted by Crippen LogP contribution is -2.17. The van der Waals surface area contributed by atoms with E-state index in [-0.39, 0.29) is 18.5 Å². The maximum atomic E-state index is 12.3. The first kappa shape index (κ1) is 16.3. The molecule has 0 aromatic heterocycles. The van der Waals surface area contributed by atoms with Crippen LogP contribution in [0.25, 0.3) is 0 Å². The number of oxime groups is 1. The highest BCUT2D eigenvalue weighted by Crippen LogP contribution is 2.52. The van der Waals surface area contributed by atoms with Gasteiger partial charge in [0.15, 0.2) is 6.29 Å². The van der Waals surface area contributed by atoms with Crippen LogP contribution in [0.5, 0.6) is 0 Å². The maximum absolute atomic E-state index is 12.3. The van der Waals surface area contributed by atoms with Crippen LogP contribution < -0.4 is 0 Å². The van der Waals surface area contributed by atoms with Crippen LogP contribution in [0, 0.1) is 0 Å². The van der Waals surface area contributed by atoms with Crippen LogP contribution in [0.1, 0.15) is 40.5 Å². The molecule has 0 fully saturated rings. The molecule has 0 heterocycles. The Labute approximate surface area is 102 Å². The van der Waals surface area contributed by atoms with Gasteiger partial charge in [0.05, 0.1) is 12.2 Å². The fourth-order valence-electron chi connectivity index (χ4n) is 0.899. The molecule has 0 bridgehead atoms. The minimum atomic E-state index is -3.84. The SMILES string of the molecule is CCC(C)OP(=O)(OC(C)CC)/C(C=O)=N/O. The Bertz CT molecular complexity index is 302. The van der Waals surface area contributed by atoms with Gasteiger partial charge in [0.2, 0.25) is 5.45 Å². The number of carbonyl (C=O) groups excluding carboxylic acids is 1. The van der Waals surface area contributed by atoms with E-state index in [0.29, 0.717) is 12.8 Å².